The average molecular weight is 197 g/mol. The molecule has 1 rings (SSSR count). The molecule has 0 aliphatic carbocycles. The van der Waals surface area contributed by atoms with E-state index in [1.165, 1.54) is 0 Å². The number of rotatable bonds is 5. The Balaban J connectivity index is 2.09. The third-order valence-electron chi connectivity index (χ3n) is 2.43. The summed E-state index contributed by atoms with van der Waals surface area (Å²) in [5, 5.41) is 7.74. The summed E-state index contributed by atoms with van der Waals surface area (Å²) < 4.78 is 5.27. The van der Waals surface area contributed by atoms with E-state index < -0.39 is 0 Å². The lowest BCUT2D eigenvalue weighted by atomic mass is 10.0. The first kappa shape index (κ1) is 11.7. The molecular formula is C11H21N2O. The van der Waals surface area contributed by atoms with Gasteiger partial charge in [-0.2, -0.15) is 0 Å². The first-order chi connectivity index (χ1) is 6.68. The fourth-order valence-electron chi connectivity index (χ4n) is 1.64. The van der Waals surface area contributed by atoms with Gasteiger partial charge in [0.05, 0.1) is 13.2 Å². The van der Waals surface area contributed by atoms with Gasteiger partial charge in [0.15, 0.2) is 0 Å². The lowest BCUT2D eigenvalue weighted by Gasteiger charge is -2.26. The van der Waals surface area contributed by atoms with Crippen LogP contribution in [-0.4, -0.2) is 43.5 Å². The van der Waals surface area contributed by atoms with E-state index in [1.807, 2.05) is 0 Å². The van der Waals surface area contributed by atoms with E-state index in [0.717, 1.165) is 51.4 Å². The summed E-state index contributed by atoms with van der Waals surface area (Å²) in [5.41, 5.74) is 0.832. The van der Waals surface area contributed by atoms with Crippen LogP contribution in [-0.2, 0) is 4.74 Å². The predicted octanol–water partition coefficient (Wildman–Crippen LogP) is 1.59. The second-order valence-electron chi connectivity index (χ2n) is 4.12. The molecule has 14 heavy (non-hydrogen) atoms. The van der Waals surface area contributed by atoms with Gasteiger partial charge in [0.1, 0.15) is 0 Å². The Bertz CT molecular complexity index is 174. The molecule has 0 spiro atoms. The molecule has 3 heteroatoms. The predicted molar refractivity (Wildman–Crippen MR) is 58.7 cm³/mol. The second kappa shape index (κ2) is 6.14. The van der Waals surface area contributed by atoms with Gasteiger partial charge in [-0.3, -0.25) is 4.90 Å². The molecule has 1 aliphatic heterocycles. The molecule has 0 saturated carbocycles. The number of nitrogens with zero attached hydrogens (tertiary/aromatic N) is 1. The van der Waals surface area contributed by atoms with Gasteiger partial charge in [0, 0.05) is 25.3 Å². The Kier molecular flexibility index (Phi) is 5.12. The lowest BCUT2D eigenvalue weighted by molar-refractivity contribution is 0.0391. The van der Waals surface area contributed by atoms with Gasteiger partial charge in [-0.25, -0.2) is 0 Å². The van der Waals surface area contributed by atoms with Crippen LogP contribution < -0.4 is 0 Å². The van der Waals surface area contributed by atoms with E-state index in [0.29, 0.717) is 5.92 Å². The standard InChI is InChI=1S/C11H21N2O/c1-10(2)9-11(12)3-4-13-5-7-14-8-6-13/h10,12H,1,3-9H2,2H3. The van der Waals surface area contributed by atoms with Gasteiger partial charge < -0.3 is 10.1 Å². The number of hydrogen-bond acceptors (Lipinski definition) is 3. The summed E-state index contributed by atoms with van der Waals surface area (Å²) in [5.74, 6) is 0.368. The maximum atomic E-state index is 7.74. The smallest absolute Gasteiger partial charge is 0.0594 e. The topological polar surface area (TPSA) is 36.3 Å². The number of morpholine rings is 1. The highest BCUT2D eigenvalue weighted by atomic mass is 16.5. The summed E-state index contributed by atoms with van der Waals surface area (Å²) in [7, 11) is 0. The van der Waals surface area contributed by atoms with E-state index in [9.17, 15) is 0 Å². The molecule has 1 atom stereocenters. The Hall–Kier alpha value is -0.410. The highest BCUT2D eigenvalue weighted by Gasteiger charge is 2.10. The van der Waals surface area contributed by atoms with Crippen LogP contribution in [0.3, 0.4) is 0 Å². The normalized spacial score (nSPS) is 18.8. The van der Waals surface area contributed by atoms with Crippen LogP contribution in [0, 0.1) is 18.3 Å². The van der Waals surface area contributed by atoms with E-state index in [1.54, 1.807) is 0 Å². The summed E-state index contributed by atoms with van der Waals surface area (Å²) >= 11 is 0. The molecule has 0 aromatic carbocycles. The Morgan fingerprint density at radius 1 is 1.50 bits per heavy atom. The molecule has 0 aromatic rings. The van der Waals surface area contributed by atoms with Gasteiger partial charge >= 0.3 is 0 Å². The van der Waals surface area contributed by atoms with Gasteiger partial charge in [-0.05, 0) is 18.8 Å². The van der Waals surface area contributed by atoms with E-state index >= 15 is 0 Å². The molecule has 1 aliphatic rings. The minimum atomic E-state index is 0.368. The summed E-state index contributed by atoms with van der Waals surface area (Å²) in [6.45, 7) is 10.7. The first-order valence-corrected chi connectivity index (χ1v) is 5.38. The van der Waals surface area contributed by atoms with Crippen LogP contribution in [0.4, 0.5) is 0 Å². The van der Waals surface area contributed by atoms with Crippen LogP contribution in [0.15, 0.2) is 0 Å². The molecule has 0 aromatic heterocycles. The fraction of sp³-hybridized carbons (Fsp3) is 0.818. The molecule has 1 N–H and O–H groups in total. The molecule has 81 valence electrons. The summed E-state index contributed by atoms with van der Waals surface area (Å²) in [4.78, 5) is 2.37. The average Bonchev–Trinajstić information content (AvgIpc) is 2.15. The highest BCUT2D eigenvalue weighted by Crippen LogP contribution is 2.04. The molecule has 1 radical (unpaired) electrons. The van der Waals surface area contributed by atoms with E-state index in [4.69, 9.17) is 10.1 Å². The van der Waals surface area contributed by atoms with Gasteiger partial charge in [0.25, 0.3) is 0 Å². The lowest BCUT2D eigenvalue weighted by Crippen LogP contribution is -2.37. The molecular weight excluding hydrogens is 176 g/mol. The SMILES string of the molecule is [CH2]C(C)CC(=N)CCN1CCOCC1. The maximum absolute atomic E-state index is 7.74. The zero-order valence-corrected chi connectivity index (χ0v) is 9.09. The van der Waals surface area contributed by atoms with Crippen molar-refractivity contribution in [3.63, 3.8) is 0 Å². The van der Waals surface area contributed by atoms with Crippen LogP contribution >= 0.6 is 0 Å². The van der Waals surface area contributed by atoms with Crippen LogP contribution in [0.25, 0.3) is 0 Å². The molecule has 0 bridgehead atoms. The maximum Gasteiger partial charge on any atom is 0.0594 e. The highest BCUT2D eigenvalue weighted by molar-refractivity contribution is 5.81. The van der Waals surface area contributed by atoms with Crippen molar-refractivity contribution in [2.75, 3.05) is 32.8 Å². The third-order valence-corrected chi connectivity index (χ3v) is 2.43. The molecule has 1 saturated heterocycles. The van der Waals surface area contributed by atoms with Crippen LogP contribution in [0.5, 0.6) is 0 Å². The third kappa shape index (κ3) is 4.72. The number of nitrogens with one attached hydrogen (secondary N) is 1. The molecule has 3 nitrogen and oxygen atoms in total. The van der Waals surface area contributed by atoms with Gasteiger partial charge in [-0.15, -0.1) is 0 Å². The Labute approximate surface area is 86.9 Å². The van der Waals surface area contributed by atoms with Gasteiger partial charge in [-0.1, -0.05) is 13.8 Å². The zero-order chi connectivity index (χ0) is 10.4. The summed E-state index contributed by atoms with van der Waals surface area (Å²) in [6, 6.07) is 0. The Morgan fingerprint density at radius 3 is 2.71 bits per heavy atom. The van der Waals surface area contributed by atoms with Crippen molar-refractivity contribution in [2.45, 2.75) is 19.8 Å². The van der Waals surface area contributed by atoms with E-state index in [-0.39, 0.29) is 0 Å². The van der Waals surface area contributed by atoms with Crippen molar-refractivity contribution in [3.8, 4) is 0 Å². The number of hydrogen-bond donors (Lipinski definition) is 1. The fourth-order valence-corrected chi connectivity index (χ4v) is 1.64. The zero-order valence-electron chi connectivity index (χ0n) is 9.09. The second-order valence-corrected chi connectivity index (χ2v) is 4.12. The molecule has 1 unspecified atom stereocenters. The quantitative estimate of drug-likeness (QED) is 0.679. The van der Waals surface area contributed by atoms with E-state index in [2.05, 4.69) is 18.7 Å². The monoisotopic (exact) mass is 197 g/mol. The van der Waals surface area contributed by atoms with Crippen molar-refractivity contribution < 1.29 is 4.74 Å². The molecule has 1 fully saturated rings. The summed E-state index contributed by atoms with van der Waals surface area (Å²) in [6.07, 6.45) is 1.73. The van der Waals surface area contributed by atoms with Crippen molar-refractivity contribution in [1.29, 1.82) is 5.41 Å². The van der Waals surface area contributed by atoms with Crippen LogP contribution in [0.1, 0.15) is 19.8 Å². The van der Waals surface area contributed by atoms with Crippen molar-refractivity contribution in [2.24, 2.45) is 5.92 Å². The largest absolute Gasteiger partial charge is 0.379 e. The minimum Gasteiger partial charge on any atom is -0.379 e. The molecule has 0 amide bonds. The molecule has 1 heterocycles. The van der Waals surface area contributed by atoms with Crippen molar-refractivity contribution >= 4 is 5.71 Å². The van der Waals surface area contributed by atoms with Gasteiger partial charge in [0.2, 0.25) is 0 Å². The van der Waals surface area contributed by atoms with Crippen molar-refractivity contribution in [3.05, 3.63) is 6.92 Å². The first-order valence-electron chi connectivity index (χ1n) is 5.38. The van der Waals surface area contributed by atoms with Crippen molar-refractivity contribution in [1.82, 2.24) is 4.90 Å². The number of ether oxygens (including phenoxy) is 1. The van der Waals surface area contributed by atoms with Crippen LogP contribution in [0.2, 0.25) is 0 Å². The minimum absolute atomic E-state index is 0.368. The Morgan fingerprint density at radius 2 is 2.14 bits per heavy atom.